The van der Waals surface area contributed by atoms with Crippen LogP contribution in [0.4, 0.5) is 4.79 Å². The van der Waals surface area contributed by atoms with Gasteiger partial charge in [0.2, 0.25) is 0 Å². The van der Waals surface area contributed by atoms with Crippen molar-refractivity contribution in [2.75, 3.05) is 19.6 Å². The molecule has 2 aliphatic rings. The van der Waals surface area contributed by atoms with Crippen LogP contribution in [0.3, 0.4) is 0 Å². The molecule has 2 aliphatic heterocycles. The molecule has 0 spiro atoms. The van der Waals surface area contributed by atoms with Crippen LogP contribution >= 0.6 is 0 Å². The molecule has 2 saturated heterocycles. The summed E-state index contributed by atoms with van der Waals surface area (Å²) in [6, 6.07) is 0.0841. The van der Waals surface area contributed by atoms with E-state index in [-0.39, 0.29) is 24.4 Å². The van der Waals surface area contributed by atoms with Gasteiger partial charge in [0.1, 0.15) is 0 Å². The molecular weight excluding hydrogens is 283 g/mol. The van der Waals surface area contributed by atoms with E-state index < -0.39 is 6.09 Å². The zero-order valence-electron chi connectivity index (χ0n) is 14.0. The van der Waals surface area contributed by atoms with E-state index in [1.54, 1.807) is 0 Å². The van der Waals surface area contributed by atoms with Gasteiger partial charge < -0.3 is 19.7 Å². The van der Waals surface area contributed by atoms with E-state index in [0.717, 1.165) is 32.5 Å². The van der Waals surface area contributed by atoms with Crippen LogP contribution in [0.1, 0.15) is 40.5 Å². The monoisotopic (exact) mass is 310 g/mol. The SMILES string of the molecule is CC1(C)OB(/C=C/CN2CCC(NC(=O)O)CC2)OC1(C)C. The van der Waals surface area contributed by atoms with E-state index in [1.165, 1.54) is 0 Å². The van der Waals surface area contributed by atoms with Crippen molar-refractivity contribution < 1.29 is 19.2 Å². The highest BCUT2D eigenvalue weighted by Crippen LogP contribution is 2.36. The van der Waals surface area contributed by atoms with E-state index in [1.807, 2.05) is 33.7 Å². The number of piperidine rings is 1. The molecule has 22 heavy (non-hydrogen) atoms. The Kier molecular flexibility index (Phi) is 5.19. The van der Waals surface area contributed by atoms with Crippen molar-refractivity contribution in [1.29, 1.82) is 0 Å². The third-order valence-corrected chi connectivity index (χ3v) is 4.84. The number of carboxylic acid groups (broad SMARTS) is 1. The van der Waals surface area contributed by atoms with Crippen molar-refractivity contribution >= 4 is 13.2 Å². The number of rotatable bonds is 4. The zero-order chi connectivity index (χ0) is 16.4. The Hall–Kier alpha value is -1.05. The van der Waals surface area contributed by atoms with Crippen molar-refractivity contribution in [2.45, 2.75) is 57.8 Å². The Bertz CT molecular complexity index is 415. The van der Waals surface area contributed by atoms with Gasteiger partial charge in [0.25, 0.3) is 0 Å². The van der Waals surface area contributed by atoms with Gasteiger partial charge in [-0.05, 0) is 40.5 Å². The van der Waals surface area contributed by atoms with Gasteiger partial charge in [-0.15, -0.1) is 0 Å². The first-order chi connectivity index (χ1) is 10.2. The fraction of sp³-hybridized carbons (Fsp3) is 0.800. The molecule has 0 aliphatic carbocycles. The highest BCUT2D eigenvalue weighted by Gasteiger charge is 2.49. The molecular formula is C15H27BN2O4. The lowest BCUT2D eigenvalue weighted by molar-refractivity contribution is 0.00578. The molecule has 0 aromatic rings. The van der Waals surface area contributed by atoms with Crippen LogP contribution in [0.5, 0.6) is 0 Å². The molecule has 0 unspecified atom stereocenters. The minimum atomic E-state index is -0.931. The van der Waals surface area contributed by atoms with Crippen LogP contribution in [0, 0.1) is 0 Å². The van der Waals surface area contributed by atoms with Crippen LogP contribution in [0.15, 0.2) is 12.1 Å². The lowest BCUT2D eigenvalue weighted by Crippen LogP contribution is -2.44. The lowest BCUT2D eigenvalue weighted by atomic mass is 9.90. The van der Waals surface area contributed by atoms with E-state index in [0.29, 0.717) is 0 Å². The predicted molar refractivity (Wildman–Crippen MR) is 85.8 cm³/mol. The Morgan fingerprint density at radius 1 is 1.27 bits per heavy atom. The molecule has 0 aromatic carbocycles. The molecule has 2 heterocycles. The average Bonchev–Trinajstić information content (AvgIpc) is 2.59. The molecule has 0 saturated carbocycles. The van der Waals surface area contributed by atoms with Crippen molar-refractivity contribution in [3.63, 3.8) is 0 Å². The molecule has 0 bridgehead atoms. The molecule has 0 aromatic heterocycles. The molecule has 6 nitrogen and oxygen atoms in total. The summed E-state index contributed by atoms with van der Waals surface area (Å²) in [5.74, 6) is 1.97. The number of nitrogens with one attached hydrogen (secondary N) is 1. The summed E-state index contributed by atoms with van der Waals surface area (Å²) in [6.07, 6.45) is 2.86. The Labute approximate surface area is 133 Å². The first-order valence-corrected chi connectivity index (χ1v) is 7.94. The molecule has 7 heteroatoms. The maximum atomic E-state index is 10.6. The van der Waals surface area contributed by atoms with Crippen LogP contribution in [0.25, 0.3) is 0 Å². The highest BCUT2D eigenvalue weighted by molar-refractivity contribution is 6.51. The van der Waals surface area contributed by atoms with Gasteiger partial charge in [-0.2, -0.15) is 0 Å². The molecule has 2 N–H and O–H groups in total. The summed E-state index contributed by atoms with van der Waals surface area (Å²) in [5, 5.41) is 11.3. The fourth-order valence-electron chi connectivity index (χ4n) is 2.72. The molecule has 2 fully saturated rings. The van der Waals surface area contributed by atoms with Gasteiger partial charge in [0.15, 0.2) is 0 Å². The minimum absolute atomic E-state index is 0.0841. The second-order valence-electron chi connectivity index (χ2n) is 7.08. The number of carbonyl (C=O) groups is 1. The van der Waals surface area contributed by atoms with E-state index in [4.69, 9.17) is 14.4 Å². The standard InChI is InChI=1S/C15H27BN2O4/c1-14(2)15(3,4)22-16(21-14)8-5-9-18-10-6-12(7-11-18)17-13(19)20/h5,8,12,17H,6-7,9-11H2,1-4H3,(H,19,20)/b8-5+. The average molecular weight is 310 g/mol. The van der Waals surface area contributed by atoms with Gasteiger partial charge in [-0.3, -0.25) is 4.90 Å². The topological polar surface area (TPSA) is 71.0 Å². The molecule has 0 radical (unpaired) electrons. The maximum absolute atomic E-state index is 10.6. The van der Waals surface area contributed by atoms with Gasteiger partial charge in [0.05, 0.1) is 11.2 Å². The normalized spacial score (nSPS) is 25.7. The van der Waals surface area contributed by atoms with Gasteiger partial charge >= 0.3 is 13.2 Å². The Morgan fingerprint density at radius 2 is 1.82 bits per heavy atom. The summed E-state index contributed by atoms with van der Waals surface area (Å²) < 4.78 is 11.8. The van der Waals surface area contributed by atoms with Crippen molar-refractivity contribution in [2.24, 2.45) is 0 Å². The Balaban J connectivity index is 1.72. The zero-order valence-corrected chi connectivity index (χ0v) is 14.0. The minimum Gasteiger partial charge on any atom is -0.465 e. The van der Waals surface area contributed by atoms with Gasteiger partial charge in [0, 0.05) is 25.7 Å². The summed E-state index contributed by atoms with van der Waals surface area (Å²) in [5.41, 5.74) is -0.605. The van der Waals surface area contributed by atoms with E-state index in [9.17, 15) is 4.79 Å². The van der Waals surface area contributed by atoms with Crippen molar-refractivity contribution in [3.8, 4) is 0 Å². The van der Waals surface area contributed by atoms with Crippen LogP contribution < -0.4 is 5.32 Å². The second-order valence-corrected chi connectivity index (χ2v) is 7.08. The number of nitrogens with zero attached hydrogens (tertiary/aromatic N) is 1. The van der Waals surface area contributed by atoms with Crippen LogP contribution in [-0.2, 0) is 9.31 Å². The first kappa shape index (κ1) is 17.3. The Morgan fingerprint density at radius 3 is 2.32 bits per heavy atom. The quantitative estimate of drug-likeness (QED) is 0.776. The van der Waals surface area contributed by atoms with Crippen molar-refractivity contribution in [3.05, 3.63) is 12.1 Å². The summed E-state index contributed by atoms with van der Waals surface area (Å²) in [7, 11) is -0.295. The molecule has 1 amide bonds. The van der Waals surface area contributed by atoms with E-state index >= 15 is 0 Å². The highest BCUT2D eigenvalue weighted by atomic mass is 16.7. The molecule has 124 valence electrons. The van der Waals surface area contributed by atoms with Gasteiger partial charge in [-0.1, -0.05) is 12.1 Å². The molecule has 0 atom stereocenters. The third kappa shape index (κ3) is 4.24. The van der Waals surface area contributed by atoms with Crippen LogP contribution in [0.2, 0.25) is 0 Å². The summed E-state index contributed by atoms with van der Waals surface area (Å²) >= 11 is 0. The van der Waals surface area contributed by atoms with Crippen molar-refractivity contribution in [1.82, 2.24) is 10.2 Å². The third-order valence-electron chi connectivity index (χ3n) is 4.84. The summed E-state index contributed by atoms with van der Waals surface area (Å²) in [4.78, 5) is 12.9. The summed E-state index contributed by atoms with van der Waals surface area (Å²) in [6.45, 7) is 10.8. The lowest BCUT2D eigenvalue weighted by Gasteiger charge is -2.32. The fourth-order valence-corrected chi connectivity index (χ4v) is 2.72. The molecule has 2 rings (SSSR count). The maximum Gasteiger partial charge on any atom is 0.486 e. The number of likely N-dealkylation sites (tertiary alicyclic amines) is 1. The smallest absolute Gasteiger partial charge is 0.465 e. The first-order valence-electron chi connectivity index (χ1n) is 7.94. The largest absolute Gasteiger partial charge is 0.486 e. The van der Waals surface area contributed by atoms with Gasteiger partial charge in [-0.25, -0.2) is 4.79 Å². The second kappa shape index (κ2) is 6.60. The van der Waals surface area contributed by atoms with E-state index in [2.05, 4.69) is 16.3 Å². The number of hydrogen-bond donors (Lipinski definition) is 2. The number of hydrogen-bond acceptors (Lipinski definition) is 4. The predicted octanol–water partition coefficient (Wildman–Crippen LogP) is 1.91. The number of amides is 1. The van der Waals surface area contributed by atoms with Crippen LogP contribution in [-0.4, -0.2) is 60.1 Å².